The van der Waals surface area contributed by atoms with Crippen LogP contribution in [0.15, 0.2) is 41.3 Å². The molecule has 2 rings (SSSR count). The second-order valence-electron chi connectivity index (χ2n) is 5.16. The van der Waals surface area contributed by atoms with E-state index in [0.29, 0.717) is 5.56 Å². The summed E-state index contributed by atoms with van der Waals surface area (Å²) in [7, 11) is -3.75. The average Bonchev–Trinajstić information content (AvgIpc) is 2.49. The lowest BCUT2D eigenvalue weighted by atomic mass is 10.1. The summed E-state index contributed by atoms with van der Waals surface area (Å²) in [6.45, 7) is 1.64. The highest BCUT2D eigenvalue weighted by atomic mass is 32.2. The molecule has 2 aromatic carbocycles. The molecule has 0 fully saturated rings. The van der Waals surface area contributed by atoms with Crippen LogP contribution in [0.25, 0.3) is 0 Å². The van der Waals surface area contributed by atoms with Gasteiger partial charge in [-0.25, -0.2) is 12.8 Å². The predicted molar refractivity (Wildman–Crippen MR) is 85.3 cm³/mol. The van der Waals surface area contributed by atoms with E-state index in [1.54, 1.807) is 6.92 Å². The van der Waals surface area contributed by atoms with Crippen LogP contribution in [0.4, 0.5) is 15.8 Å². The van der Waals surface area contributed by atoms with E-state index < -0.39 is 32.2 Å². The molecule has 9 heteroatoms. The Labute approximate surface area is 137 Å². The monoisotopic (exact) mass is 352 g/mol. The van der Waals surface area contributed by atoms with Gasteiger partial charge in [-0.2, -0.15) is 0 Å². The smallest absolute Gasteiger partial charge is 0.271 e. The van der Waals surface area contributed by atoms with Gasteiger partial charge in [0, 0.05) is 29.6 Å². The maximum Gasteiger partial charge on any atom is 0.271 e. The van der Waals surface area contributed by atoms with E-state index in [0.717, 1.165) is 30.5 Å². The minimum absolute atomic E-state index is 0.187. The Morgan fingerprint density at radius 1 is 1.21 bits per heavy atom. The number of halogens is 1. The molecule has 0 aliphatic carbocycles. The van der Waals surface area contributed by atoms with Crippen molar-refractivity contribution in [3.8, 4) is 0 Å². The third kappa shape index (κ3) is 3.93. The van der Waals surface area contributed by atoms with Gasteiger partial charge in [0.1, 0.15) is 5.82 Å². The van der Waals surface area contributed by atoms with Crippen molar-refractivity contribution in [2.45, 2.75) is 11.8 Å². The predicted octanol–water partition coefficient (Wildman–Crippen LogP) is 2.70. The Hall–Kier alpha value is -2.81. The van der Waals surface area contributed by atoms with Crippen LogP contribution in [0.5, 0.6) is 0 Å². The number of amides is 1. The fourth-order valence-corrected chi connectivity index (χ4v) is 2.63. The van der Waals surface area contributed by atoms with Crippen LogP contribution < -0.4 is 5.32 Å². The number of anilines is 1. The summed E-state index contributed by atoms with van der Waals surface area (Å²) in [5.74, 6) is -1.34. The largest absolute Gasteiger partial charge is 0.322 e. The topological polar surface area (TPSA) is 106 Å². The minimum Gasteiger partial charge on any atom is -0.322 e. The Morgan fingerprint density at radius 3 is 2.46 bits per heavy atom. The van der Waals surface area contributed by atoms with Crippen LogP contribution in [0, 0.1) is 22.9 Å². The van der Waals surface area contributed by atoms with Crippen LogP contribution >= 0.6 is 0 Å². The molecule has 0 bridgehead atoms. The molecule has 0 atom stereocenters. The molecule has 0 spiro atoms. The van der Waals surface area contributed by atoms with E-state index in [1.807, 2.05) is 0 Å². The number of benzene rings is 2. The number of nitro groups is 1. The van der Waals surface area contributed by atoms with Crippen LogP contribution in [0.1, 0.15) is 15.9 Å². The molecule has 24 heavy (non-hydrogen) atoms. The molecule has 1 N–H and O–H groups in total. The molecule has 0 radical (unpaired) electrons. The number of nitrogens with one attached hydrogen (secondary N) is 1. The second kappa shape index (κ2) is 6.36. The number of nitrogens with zero attached hydrogens (tertiary/aromatic N) is 1. The number of rotatable bonds is 4. The number of carbonyl (C=O) groups is 1. The molecule has 0 heterocycles. The highest BCUT2D eigenvalue weighted by Gasteiger charge is 2.19. The van der Waals surface area contributed by atoms with Gasteiger partial charge in [-0.05, 0) is 30.7 Å². The van der Waals surface area contributed by atoms with Crippen LogP contribution in [-0.2, 0) is 9.84 Å². The first kappa shape index (κ1) is 17.5. The van der Waals surface area contributed by atoms with Crippen molar-refractivity contribution in [3.05, 3.63) is 63.5 Å². The van der Waals surface area contributed by atoms with Gasteiger partial charge in [-0.15, -0.1) is 0 Å². The number of carbonyl (C=O) groups excluding carboxylic acids is 1. The number of aryl methyl sites for hydroxylation is 1. The van der Waals surface area contributed by atoms with E-state index in [4.69, 9.17) is 0 Å². The SMILES string of the molecule is Cc1ccc(F)cc1NC(=O)c1cc([N+](=O)[O-])cc(S(C)(=O)=O)c1. The van der Waals surface area contributed by atoms with E-state index in [9.17, 15) is 27.7 Å². The van der Waals surface area contributed by atoms with Gasteiger partial charge in [0.05, 0.1) is 9.82 Å². The van der Waals surface area contributed by atoms with Crippen LogP contribution in [0.2, 0.25) is 0 Å². The summed E-state index contributed by atoms with van der Waals surface area (Å²) < 4.78 is 36.5. The van der Waals surface area contributed by atoms with Crippen molar-refractivity contribution in [2.75, 3.05) is 11.6 Å². The minimum atomic E-state index is -3.75. The first-order chi connectivity index (χ1) is 11.1. The van der Waals surface area contributed by atoms with Crippen LogP contribution in [-0.4, -0.2) is 25.5 Å². The lowest BCUT2D eigenvalue weighted by Crippen LogP contribution is -2.14. The first-order valence-corrected chi connectivity index (χ1v) is 8.54. The lowest BCUT2D eigenvalue weighted by molar-refractivity contribution is -0.385. The zero-order valence-corrected chi connectivity index (χ0v) is 13.6. The molecule has 0 unspecified atom stereocenters. The van der Waals surface area contributed by atoms with Crippen molar-refractivity contribution in [1.82, 2.24) is 0 Å². The number of sulfone groups is 1. The number of hydrogen-bond donors (Lipinski definition) is 1. The van der Waals surface area contributed by atoms with Gasteiger partial charge in [-0.3, -0.25) is 14.9 Å². The third-order valence-electron chi connectivity index (χ3n) is 3.24. The Kier molecular flexibility index (Phi) is 4.65. The number of non-ortho nitro benzene ring substituents is 1. The van der Waals surface area contributed by atoms with Crippen molar-refractivity contribution < 1.29 is 22.5 Å². The van der Waals surface area contributed by atoms with Crippen molar-refractivity contribution in [2.24, 2.45) is 0 Å². The van der Waals surface area contributed by atoms with E-state index in [-0.39, 0.29) is 16.1 Å². The Bertz CT molecular complexity index is 941. The standard InChI is InChI=1S/C15H13FN2O5S/c1-9-3-4-11(16)7-14(9)17-15(19)10-5-12(18(20)21)8-13(6-10)24(2,22)23/h3-8H,1-2H3,(H,17,19). The maximum absolute atomic E-state index is 13.3. The molecule has 0 saturated heterocycles. The zero-order chi connectivity index (χ0) is 18.1. The summed E-state index contributed by atoms with van der Waals surface area (Å²) in [4.78, 5) is 22.1. The molecular weight excluding hydrogens is 339 g/mol. The molecule has 126 valence electrons. The highest BCUT2D eigenvalue weighted by molar-refractivity contribution is 7.90. The molecule has 2 aromatic rings. The summed E-state index contributed by atoms with van der Waals surface area (Å²) >= 11 is 0. The summed E-state index contributed by atoms with van der Waals surface area (Å²) in [6, 6.07) is 6.65. The average molecular weight is 352 g/mol. The Balaban J connectivity index is 2.47. The normalized spacial score (nSPS) is 11.1. The van der Waals surface area contributed by atoms with Gasteiger partial charge in [-0.1, -0.05) is 6.07 Å². The fraction of sp³-hybridized carbons (Fsp3) is 0.133. The molecular formula is C15H13FN2O5S. The maximum atomic E-state index is 13.3. The summed E-state index contributed by atoms with van der Waals surface area (Å²) in [6.07, 6.45) is 0.879. The third-order valence-corrected chi connectivity index (χ3v) is 4.33. The zero-order valence-electron chi connectivity index (χ0n) is 12.7. The van der Waals surface area contributed by atoms with Gasteiger partial charge < -0.3 is 5.32 Å². The number of nitro benzene ring substituents is 1. The van der Waals surface area contributed by atoms with Gasteiger partial charge in [0.25, 0.3) is 11.6 Å². The van der Waals surface area contributed by atoms with Gasteiger partial charge in [0.2, 0.25) is 0 Å². The fourth-order valence-electron chi connectivity index (χ4n) is 1.96. The molecule has 0 aliphatic rings. The number of hydrogen-bond acceptors (Lipinski definition) is 5. The molecule has 7 nitrogen and oxygen atoms in total. The summed E-state index contributed by atoms with van der Waals surface area (Å²) in [5.41, 5.74) is 0.0262. The van der Waals surface area contributed by atoms with Crippen molar-refractivity contribution >= 4 is 27.1 Å². The molecule has 0 saturated carbocycles. The summed E-state index contributed by atoms with van der Waals surface area (Å²) in [5, 5.41) is 13.4. The lowest BCUT2D eigenvalue weighted by Gasteiger charge is -2.09. The van der Waals surface area contributed by atoms with Crippen LogP contribution in [0.3, 0.4) is 0 Å². The van der Waals surface area contributed by atoms with Crippen molar-refractivity contribution in [3.63, 3.8) is 0 Å². The Morgan fingerprint density at radius 2 is 1.88 bits per heavy atom. The van der Waals surface area contributed by atoms with Gasteiger partial charge in [0.15, 0.2) is 9.84 Å². The molecule has 1 amide bonds. The molecule has 0 aliphatic heterocycles. The molecule has 0 aromatic heterocycles. The van der Waals surface area contributed by atoms with E-state index in [2.05, 4.69) is 5.32 Å². The van der Waals surface area contributed by atoms with Gasteiger partial charge >= 0.3 is 0 Å². The van der Waals surface area contributed by atoms with Crippen molar-refractivity contribution in [1.29, 1.82) is 0 Å². The van der Waals surface area contributed by atoms with E-state index >= 15 is 0 Å². The first-order valence-electron chi connectivity index (χ1n) is 6.65. The highest BCUT2D eigenvalue weighted by Crippen LogP contribution is 2.23. The quantitative estimate of drug-likeness (QED) is 0.672. The second-order valence-corrected chi connectivity index (χ2v) is 7.17. The van der Waals surface area contributed by atoms with E-state index in [1.165, 1.54) is 12.1 Å².